The van der Waals surface area contributed by atoms with Crippen LogP contribution in [0.1, 0.15) is 57.8 Å². The normalized spacial score (nSPS) is 22.8. The van der Waals surface area contributed by atoms with Crippen LogP contribution in [0.4, 0.5) is 0 Å². The summed E-state index contributed by atoms with van der Waals surface area (Å²) in [4.78, 5) is 14.6. The largest absolute Gasteiger partial charge is 0.378 e. The molecule has 2 rings (SSSR count). The molecule has 2 aliphatic rings. The van der Waals surface area contributed by atoms with E-state index in [2.05, 4.69) is 4.90 Å². The molecule has 4 nitrogen and oxygen atoms in total. The number of ether oxygens (including phenoxy) is 1. The first-order valence-corrected chi connectivity index (χ1v) is 8.41. The fraction of sp³-hybridized carbons (Fsp3) is 0.938. The maximum Gasteiger partial charge on any atom is 0.225 e. The molecule has 0 atom stereocenters. The third kappa shape index (κ3) is 4.74. The zero-order valence-corrected chi connectivity index (χ0v) is 12.7. The van der Waals surface area contributed by atoms with E-state index >= 15 is 0 Å². The van der Waals surface area contributed by atoms with Gasteiger partial charge in [0.15, 0.2) is 0 Å². The second-order valence-corrected chi connectivity index (χ2v) is 6.23. The third-order valence-corrected chi connectivity index (χ3v) is 4.66. The molecule has 1 aliphatic heterocycles. The van der Waals surface area contributed by atoms with Crippen LogP contribution in [0.25, 0.3) is 0 Å². The highest BCUT2D eigenvalue weighted by Crippen LogP contribution is 2.26. The number of amides is 1. The Labute approximate surface area is 123 Å². The summed E-state index contributed by atoms with van der Waals surface area (Å²) in [5.41, 5.74) is 5.47. The van der Waals surface area contributed by atoms with Gasteiger partial charge in [-0.1, -0.05) is 25.7 Å². The second kappa shape index (κ2) is 8.63. The summed E-state index contributed by atoms with van der Waals surface area (Å²) < 4.78 is 5.80. The van der Waals surface area contributed by atoms with Crippen molar-refractivity contribution >= 4 is 5.91 Å². The zero-order chi connectivity index (χ0) is 14.2. The van der Waals surface area contributed by atoms with Gasteiger partial charge in [0.2, 0.25) is 5.91 Å². The molecule has 1 heterocycles. The van der Waals surface area contributed by atoms with Crippen LogP contribution in [-0.4, -0.2) is 43.2 Å². The van der Waals surface area contributed by atoms with E-state index < -0.39 is 0 Å². The van der Waals surface area contributed by atoms with Crippen molar-refractivity contribution in [1.29, 1.82) is 0 Å². The van der Waals surface area contributed by atoms with Crippen molar-refractivity contribution in [1.82, 2.24) is 4.90 Å². The highest BCUT2D eigenvalue weighted by Gasteiger charge is 2.28. The molecule has 1 amide bonds. The van der Waals surface area contributed by atoms with Crippen LogP contribution >= 0.6 is 0 Å². The van der Waals surface area contributed by atoms with Gasteiger partial charge in [-0.05, 0) is 38.6 Å². The lowest BCUT2D eigenvalue weighted by molar-refractivity contribution is -0.138. The fourth-order valence-corrected chi connectivity index (χ4v) is 3.36. The molecule has 0 radical (unpaired) electrons. The highest BCUT2D eigenvalue weighted by atomic mass is 16.5. The van der Waals surface area contributed by atoms with Crippen molar-refractivity contribution in [2.45, 2.75) is 63.9 Å². The summed E-state index contributed by atoms with van der Waals surface area (Å²) in [5, 5.41) is 0. The molecular weight excluding hydrogens is 252 g/mol. The Bertz CT molecular complexity index is 280. The van der Waals surface area contributed by atoms with Gasteiger partial charge in [0.25, 0.3) is 0 Å². The van der Waals surface area contributed by atoms with Crippen LogP contribution in [0.2, 0.25) is 0 Å². The molecule has 1 saturated carbocycles. The molecule has 0 bridgehead atoms. The molecule has 4 heteroatoms. The molecule has 2 fully saturated rings. The summed E-state index contributed by atoms with van der Waals surface area (Å²) in [6.07, 6.45) is 10.5. The van der Waals surface area contributed by atoms with E-state index in [1.165, 1.54) is 25.7 Å². The first kappa shape index (κ1) is 15.8. The van der Waals surface area contributed by atoms with E-state index in [-0.39, 0.29) is 0 Å². The molecule has 1 aliphatic carbocycles. The second-order valence-electron chi connectivity index (χ2n) is 6.23. The first-order chi connectivity index (χ1) is 9.81. The quantitative estimate of drug-likeness (QED) is 0.622. The van der Waals surface area contributed by atoms with E-state index in [9.17, 15) is 4.79 Å². The van der Waals surface area contributed by atoms with Crippen LogP contribution in [0, 0.1) is 5.92 Å². The van der Waals surface area contributed by atoms with E-state index in [1.54, 1.807) is 0 Å². The van der Waals surface area contributed by atoms with Crippen LogP contribution < -0.4 is 5.73 Å². The predicted octanol–water partition coefficient (Wildman–Crippen LogP) is 2.31. The lowest BCUT2D eigenvalue weighted by Crippen LogP contribution is -2.43. The summed E-state index contributed by atoms with van der Waals surface area (Å²) >= 11 is 0. The van der Waals surface area contributed by atoms with Gasteiger partial charge in [0, 0.05) is 25.6 Å². The Morgan fingerprint density at radius 2 is 1.70 bits per heavy atom. The number of carbonyl (C=O) groups excluding carboxylic acids is 1. The smallest absolute Gasteiger partial charge is 0.225 e. The van der Waals surface area contributed by atoms with Crippen LogP contribution in [0.15, 0.2) is 0 Å². The van der Waals surface area contributed by atoms with Gasteiger partial charge in [-0.15, -0.1) is 0 Å². The SMILES string of the molecule is NCCCOC1CCN(C(=O)C2CCCCCC2)CC1. The van der Waals surface area contributed by atoms with Gasteiger partial charge in [0.05, 0.1) is 6.10 Å². The summed E-state index contributed by atoms with van der Waals surface area (Å²) in [6.45, 7) is 3.21. The van der Waals surface area contributed by atoms with Crippen LogP contribution in [-0.2, 0) is 9.53 Å². The van der Waals surface area contributed by atoms with E-state index in [0.717, 1.165) is 51.8 Å². The first-order valence-electron chi connectivity index (χ1n) is 8.41. The van der Waals surface area contributed by atoms with Gasteiger partial charge < -0.3 is 15.4 Å². The van der Waals surface area contributed by atoms with Gasteiger partial charge in [-0.2, -0.15) is 0 Å². The van der Waals surface area contributed by atoms with Crippen molar-refractivity contribution in [3.8, 4) is 0 Å². The van der Waals surface area contributed by atoms with Crippen LogP contribution in [0.5, 0.6) is 0 Å². The molecule has 116 valence electrons. The molecule has 0 unspecified atom stereocenters. The molecule has 0 spiro atoms. The number of rotatable bonds is 5. The third-order valence-electron chi connectivity index (χ3n) is 4.66. The number of nitrogens with zero attached hydrogens (tertiary/aromatic N) is 1. The number of nitrogens with two attached hydrogens (primary N) is 1. The van der Waals surface area contributed by atoms with Crippen molar-refractivity contribution in [2.24, 2.45) is 11.7 Å². The van der Waals surface area contributed by atoms with Crippen molar-refractivity contribution < 1.29 is 9.53 Å². The molecule has 1 saturated heterocycles. The summed E-state index contributed by atoms with van der Waals surface area (Å²) in [5.74, 6) is 0.708. The van der Waals surface area contributed by atoms with E-state index in [4.69, 9.17) is 10.5 Å². The number of hydrogen-bond donors (Lipinski definition) is 1. The molecule has 0 aromatic carbocycles. The molecule has 2 N–H and O–H groups in total. The average molecular weight is 282 g/mol. The molecule has 20 heavy (non-hydrogen) atoms. The van der Waals surface area contributed by atoms with Crippen molar-refractivity contribution in [3.63, 3.8) is 0 Å². The minimum atomic E-state index is 0.298. The maximum absolute atomic E-state index is 12.5. The molecule has 0 aromatic heterocycles. The number of carbonyl (C=O) groups is 1. The van der Waals surface area contributed by atoms with Crippen molar-refractivity contribution in [3.05, 3.63) is 0 Å². The van der Waals surface area contributed by atoms with Gasteiger partial charge >= 0.3 is 0 Å². The number of piperidine rings is 1. The zero-order valence-electron chi connectivity index (χ0n) is 12.7. The topological polar surface area (TPSA) is 55.6 Å². The monoisotopic (exact) mass is 282 g/mol. The predicted molar refractivity (Wildman–Crippen MR) is 80.4 cm³/mol. The highest BCUT2D eigenvalue weighted by molar-refractivity contribution is 5.78. The van der Waals surface area contributed by atoms with Crippen molar-refractivity contribution in [2.75, 3.05) is 26.2 Å². The van der Waals surface area contributed by atoms with E-state index in [1.807, 2.05) is 0 Å². The van der Waals surface area contributed by atoms with E-state index in [0.29, 0.717) is 24.5 Å². The van der Waals surface area contributed by atoms with Crippen LogP contribution in [0.3, 0.4) is 0 Å². The molecular formula is C16H30N2O2. The summed E-state index contributed by atoms with van der Waals surface area (Å²) in [7, 11) is 0. The van der Waals surface area contributed by atoms with Gasteiger partial charge in [0.1, 0.15) is 0 Å². The average Bonchev–Trinajstić information content (AvgIpc) is 2.77. The Hall–Kier alpha value is -0.610. The minimum Gasteiger partial charge on any atom is -0.378 e. The maximum atomic E-state index is 12.5. The Balaban J connectivity index is 1.70. The van der Waals surface area contributed by atoms with Gasteiger partial charge in [-0.3, -0.25) is 4.79 Å². The Kier molecular flexibility index (Phi) is 6.80. The summed E-state index contributed by atoms with van der Waals surface area (Å²) in [6, 6.07) is 0. The lowest BCUT2D eigenvalue weighted by atomic mass is 9.97. The fourth-order valence-electron chi connectivity index (χ4n) is 3.36. The Morgan fingerprint density at radius 3 is 2.30 bits per heavy atom. The Morgan fingerprint density at radius 1 is 1.05 bits per heavy atom. The standard InChI is InChI=1S/C16H30N2O2/c17-10-5-13-20-15-8-11-18(12-9-15)16(19)14-6-3-1-2-4-7-14/h14-15H,1-13,17H2. The number of hydrogen-bond acceptors (Lipinski definition) is 3. The minimum absolute atomic E-state index is 0.298. The molecule has 0 aromatic rings. The number of likely N-dealkylation sites (tertiary alicyclic amines) is 1. The lowest BCUT2D eigenvalue weighted by Gasteiger charge is -2.34. The van der Waals surface area contributed by atoms with Gasteiger partial charge in [-0.25, -0.2) is 0 Å².